The Labute approximate surface area is 123 Å². The molecule has 0 bridgehead atoms. The fourth-order valence-electron chi connectivity index (χ4n) is 2.32. The lowest BCUT2D eigenvalue weighted by Gasteiger charge is -2.28. The Morgan fingerprint density at radius 1 is 1.38 bits per heavy atom. The van der Waals surface area contributed by atoms with Crippen molar-refractivity contribution in [3.05, 3.63) is 33.9 Å². The average Bonchev–Trinajstić information content (AvgIpc) is 2.47. The Morgan fingerprint density at radius 2 is 2.00 bits per heavy atom. The summed E-state index contributed by atoms with van der Waals surface area (Å²) in [4.78, 5) is 10.3. The lowest BCUT2D eigenvalue weighted by molar-refractivity contribution is -0.385. The van der Waals surface area contributed by atoms with Gasteiger partial charge in [-0.05, 0) is 25.8 Å². The van der Waals surface area contributed by atoms with Gasteiger partial charge < -0.3 is 0 Å². The van der Waals surface area contributed by atoms with E-state index in [1.807, 2.05) is 0 Å². The van der Waals surface area contributed by atoms with Gasteiger partial charge in [0, 0.05) is 30.6 Å². The van der Waals surface area contributed by atoms with Crippen LogP contribution in [0.2, 0.25) is 0 Å². The van der Waals surface area contributed by atoms with Gasteiger partial charge in [0.15, 0.2) is 0 Å². The second-order valence-electron chi connectivity index (χ2n) is 5.01. The zero-order valence-electron chi connectivity index (χ0n) is 11.5. The minimum absolute atomic E-state index is 0.0739. The highest BCUT2D eigenvalue weighted by Gasteiger charge is 2.30. The Bertz CT molecular complexity index is 701. The highest BCUT2D eigenvalue weighted by atomic mass is 32.2. The third-order valence-corrected chi connectivity index (χ3v) is 5.55. The second-order valence-corrected chi connectivity index (χ2v) is 6.95. The molecule has 7 nitrogen and oxygen atoms in total. The quantitative estimate of drug-likeness (QED) is 0.625. The van der Waals surface area contributed by atoms with Crippen LogP contribution in [0.5, 0.6) is 0 Å². The van der Waals surface area contributed by atoms with Crippen LogP contribution >= 0.6 is 0 Å². The predicted octanol–water partition coefficient (Wildman–Crippen LogP) is 1.83. The van der Waals surface area contributed by atoms with E-state index in [-0.39, 0.29) is 29.6 Å². The van der Waals surface area contributed by atoms with Crippen LogP contribution < -0.4 is 0 Å². The number of sulfonamides is 1. The summed E-state index contributed by atoms with van der Waals surface area (Å²) in [6.45, 7) is 2.09. The number of rotatable bonds is 3. The van der Waals surface area contributed by atoms with Gasteiger partial charge >= 0.3 is 0 Å². The molecule has 1 aromatic carbocycles. The summed E-state index contributed by atoms with van der Waals surface area (Å²) >= 11 is 0. The van der Waals surface area contributed by atoms with Crippen LogP contribution in [0.4, 0.5) is 5.69 Å². The molecule has 8 heteroatoms. The number of nitro benzene ring substituents is 1. The van der Waals surface area contributed by atoms with Crippen LogP contribution in [0.15, 0.2) is 23.1 Å². The first-order chi connectivity index (χ1) is 9.86. The molecule has 0 aliphatic carbocycles. The number of nitro groups is 1. The van der Waals surface area contributed by atoms with Crippen molar-refractivity contribution in [2.75, 3.05) is 13.1 Å². The van der Waals surface area contributed by atoms with E-state index >= 15 is 0 Å². The minimum Gasteiger partial charge on any atom is -0.258 e. The lowest BCUT2D eigenvalue weighted by atomic mass is 10.0. The average molecular weight is 309 g/mol. The molecule has 0 aromatic heterocycles. The van der Waals surface area contributed by atoms with E-state index in [1.165, 1.54) is 16.4 Å². The molecule has 1 aliphatic heterocycles. The summed E-state index contributed by atoms with van der Waals surface area (Å²) in [5.74, 6) is -0.121. The van der Waals surface area contributed by atoms with E-state index < -0.39 is 14.9 Å². The molecule has 0 atom stereocenters. The molecular weight excluding hydrogens is 294 g/mol. The SMILES string of the molecule is Cc1ccc(S(=O)(=O)N2CCC(C#N)CC2)cc1[N+](=O)[O-]. The van der Waals surface area contributed by atoms with Crippen molar-refractivity contribution < 1.29 is 13.3 Å². The molecule has 112 valence electrons. The minimum atomic E-state index is -3.75. The maximum absolute atomic E-state index is 12.5. The maximum Gasteiger partial charge on any atom is 0.273 e. The molecule has 0 spiro atoms. The van der Waals surface area contributed by atoms with E-state index in [0.717, 1.165) is 6.07 Å². The van der Waals surface area contributed by atoms with Gasteiger partial charge in [0.05, 0.1) is 15.9 Å². The fourth-order valence-corrected chi connectivity index (χ4v) is 3.81. The maximum atomic E-state index is 12.5. The van der Waals surface area contributed by atoms with Gasteiger partial charge in [0.2, 0.25) is 10.0 Å². The van der Waals surface area contributed by atoms with Gasteiger partial charge in [-0.1, -0.05) is 6.07 Å². The van der Waals surface area contributed by atoms with Gasteiger partial charge in [0.25, 0.3) is 5.69 Å². The zero-order chi connectivity index (χ0) is 15.6. The predicted molar refractivity (Wildman–Crippen MR) is 74.9 cm³/mol. The molecule has 0 unspecified atom stereocenters. The molecule has 21 heavy (non-hydrogen) atoms. The molecular formula is C13H15N3O4S. The van der Waals surface area contributed by atoms with Crippen molar-refractivity contribution in [1.29, 1.82) is 5.26 Å². The number of benzene rings is 1. The highest BCUT2D eigenvalue weighted by Crippen LogP contribution is 2.27. The molecule has 1 fully saturated rings. The molecule has 1 aromatic rings. The first-order valence-electron chi connectivity index (χ1n) is 6.51. The topological polar surface area (TPSA) is 104 Å². The summed E-state index contributed by atoms with van der Waals surface area (Å²) in [7, 11) is -3.75. The fraction of sp³-hybridized carbons (Fsp3) is 0.462. The highest BCUT2D eigenvalue weighted by molar-refractivity contribution is 7.89. The molecule has 0 N–H and O–H groups in total. The largest absolute Gasteiger partial charge is 0.273 e. The summed E-state index contributed by atoms with van der Waals surface area (Å²) in [6.07, 6.45) is 0.980. The van der Waals surface area contributed by atoms with Crippen molar-refractivity contribution in [3.8, 4) is 6.07 Å². The summed E-state index contributed by atoms with van der Waals surface area (Å²) in [6, 6.07) is 6.06. The normalized spacial score (nSPS) is 17.3. The smallest absolute Gasteiger partial charge is 0.258 e. The van der Waals surface area contributed by atoms with Gasteiger partial charge in [-0.3, -0.25) is 10.1 Å². The monoisotopic (exact) mass is 309 g/mol. The Balaban J connectivity index is 2.31. The molecule has 1 saturated heterocycles. The second kappa shape index (κ2) is 5.79. The van der Waals surface area contributed by atoms with E-state index in [9.17, 15) is 18.5 Å². The van der Waals surface area contributed by atoms with E-state index in [2.05, 4.69) is 6.07 Å². The van der Waals surface area contributed by atoms with Gasteiger partial charge in [0.1, 0.15) is 0 Å². The number of nitrogens with zero attached hydrogens (tertiary/aromatic N) is 3. The van der Waals surface area contributed by atoms with Crippen molar-refractivity contribution in [2.24, 2.45) is 5.92 Å². The van der Waals surface area contributed by atoms with Crippen LogP contribution in [0.1, 0.15) is 18.4 Å². The van der Waals surface area contributed by atoms with Gasteiger partial charge in [-0.25, -0.2) is 8.42 Å². The Morgan fingerprint density at radius 3 is 2.52 bits per heavy atom. The van der Waals surface area contributed by atoms with Crippen LogP contribution in [-0.4, -0.2) is 30.7 Å². The van der Waals surface area contributed by atoms with Crippen molar-refractivity contribution in [1.82, 2.24) is 4.31 Å². The van der Waals surface area contributed by atoms with Crippen molar-refractivity contribution >= 4 is 15.7 Å². The number of nitriles is 1. The third kappa shape index (κ3) is 3.04. The van der Waals surface area contributed by atoms with Crippen LogP contribution in [0, 0.1) is 34.3 Å². The van der Waals surface area contributed by atoms with Crippen LogP contribution in [0.25, 0.3) is 0 Å². The van der Waals surface area contributed by atoms with Crippen molar-refractivity contribution in [2.45, 2.75) is 24.7 Å². The van der Waals surface area contributed by atoms with E-state index in [0.29, 0.717) is 18.4 Å². The zero-order valence-corrected chi connectivity index (χ0v) is 12.3. The van der Waals surface area contributed by atoms with Crippen LogP contribution in [0.3, 0.4) is 0 Å². The molecule has 1 aliphatic rings. The van der Waals surface area contributed by atoms with Crippen molar-refractivity contribution in [3.63, 3.8) is 0 Å². The number of aryl methyl sites for hydroxylation is 1. The Hall–Kier alpha value is -1.98. The number of hydrogen-bond acceptors (Lipinski definition) is 5. The third-order valence-electron chi connectivity index (χ3n) is 3.65. The first-order valence-corrected chi connectivity index (χ1v) is 7.95. The molecule has 2 rings (SSSR count). The van der Waals surface area contributed by atoms with Gasteiger partial charge in [-0.15, -0.1) is 0 Å². The standard InChI is InChI=1S/C13H15N3O4S/c1-10-2-3-12(8-13(10)16(17)18)21(19,20)15-6-4-11(9-14)5-7-15/h2-3,8,11H,4-7H2,1H3. The van der Waals surface area contributed by atoms with Gasteiger partial charge in [-0.2, -0.15) is 9.57 Å². The van der Waals surface area contributed by atoms with Crippen LogP contribution in [-0.2, 0) is 10.0 Å². The van der Waals surface area contributed by atoms with E-state index in [1.54, 1.807) is 6.92 Å². The summed E-state index contributed by atoms with van der Waals surface area (Å²) in [5.41, 5.74) is 0.213. The molecule has 1 heterocycles. The molecule has 0 saturated carbocycles. The molecule has 0 amide bonds. The lowest BCUT2D eigenvalue weighted by Crippen LogP contribution is -2.38. The summed E-state index contributed by atoms with van der Waals surface area (Å²) in [5, 5.41) is 19.8. The number of hydrogen-bond donors (Lipinski definition) is 0. The first kappa shape index (κ1) is 15.4. The number of piperidine rings is 1. The Kier molecular flexibility index (Phi) is 4.25. The summed E-state index contributed by atoms with van der Waals surface area (Å²) < 4.78 is 26.3. The van der Waals surface area contributed by atoms with E-state index in [4.69, 9.17) is 5.26 Å². The molecule has 0 radical (unpaired) electrons.